The van der Waals surface area contributed by atoms with Crippen LogP contribution in [0.2, 0.25) is 5.02 Å². The lowest BCUT2D eigenvalue weighted by atomic mass is 9.92. The minimum atomic E-state index is -0.587. The van der Waals surface area contributed by atoms with Crippen LogP contribution in [0.4, 0.5) is 20.7 Å². The fraction of sp³-hybridized carbons (Fsp3) is 0.393. The zero-order valence-corrected chi connectivity index (χ0v) is 23.4. The third-order valence-electron chi connectivity index (χ3n) is 5.89. The first kappa shape index (κ1) is 29.1. The van der Waals surface area contributed by atoms with Gasteiger partial charge >= 0.3 is 6.03 Å². The highest BCUT2D eigenvalue weighted by Gasteiger charge is 2.24. The van der Waals surface area contributed by atoms with Gasteiger partial charge in [0.1, 0.15) is 18.2 Å². The molecule has 8 nitrogen and oxygen atoms in total. The second-order valence-corrected chi connectivity index (χ2v) is 10.6. The second-order valence-electron chi connectivity index (χ2n) is 10.2. The number of carbonyl (C=O) groups excluding carboxylic acids is 2. The number of hydrogen-bond acceptors (Lipinski definition) is 4. The monoisotopic (exact) mass is 543 g/mol. The van der Waals surface area contributed by atoms with Crippen molar-refractivity contribution in [3.63, 3.8) is 0 Å². The van der Waals surface area contributed by atoms with Crippen molar-refractivity contribution in [3.8, 4) is 5.69 Å². The van der Waals surface area contributed by atoms with E-state index in [0.29, 0.717) is 24.5 Å². The molecule has 0 saturated carbocycles. The van der Waals surface area contributed by atoms with Crippen molar-refractivity contribution >= 4 is 35.0 Å². The van der Waals surface area contributed by atoms with Gasteiger partial charge in [-0.25, -0.2) is 13.9 Å². The van der Waals surface area contributed by atoms with Gasteiger partial charge in [-0.15, -0.1) is 0 Å². The van der Waals surface area contributed by atoms with E-state index in [4.69, 9.17) is 21.4 Å². The molecule has 1 heterocycles. The van der Waals surface area contributed by atoms with Crippen LogP contribution in [0.1, 0.15) is 44.0 Å². The summed E-state index contributed by atoms with van der Waals surface area (Å²) >= 11 is 5.84. The molecule has 0 fully saturated rings. The topological polar surface area (TPSA) is 88.5 Å². The molecule has 2 aromatic carbocycles. The third-order valence-corrected chi connectivity index (χ3v) is 6.18. The maximum atomic E-state index is 13.5. The first-order valence-corrected chi connectivity index (χ1v) is 12.7. The van der Waals surface area contributed by atoms with Crippen LogP contribution in [0.5, 0.6) is 0 Å². The van der Waals surface area contributed by atoms with E-state index in [2.05, 4.69) is 37.5 Å². The predicted octanol–water partition coefficient (Wildman–Crippen LogP) is 6.09. The molecule has 10 heteroatoms. The number of aryl methyl sites for hydroxylation is 2. The number of urea groups is 1. The maximum absolute atomic E-state index is 13.5. The maximum Gasteiger partial charge on any atom is 0.322 e. The van der Waals surface area contributed by atoms with E-state index in [-0.39, 0.29) is 29.4 Å². The van der Waals surface area contributed by atoms with E-state index in [0.717, 1.165) is 22.5 Å². The third kappa shape index (κ3) is 7.55. The summed E-state index contributed by atoms with van der Waals surface area (Å²) in [5.41, 5.74) is 3.88. The van der Waals surface area contributed by atoms with E-state index >= 15 is 0 Å². The van der Waals surface area contributed by atoms with Crippen LogP contribution in [0.3, 0.4) is 0 Å². The van der Waals surface area contributed by atoms with Crippen LogP contribution in [-0.4, -0.2) is 53.4 Å². The van der Waals surface area contributed by atoms with E-state index in [1.54, 1.807) is 11.8 Å². The van der Waals surface area contributed by atoms with Gasteiger partial charge in [-0.2, -0.15) is 5.10 Å². The standard InChI is InChI=1S/C28H35ClFN5O3/c1-18-8-11-23(19(2)14-18)35-25(16-24(33-35)28(3,4)5)32-26(36)17-34(12-7-13-38-6)27(37)31-20-9-10-22(30)21(29)15-20/h8-11,14-16H,7,12-13,17H2,1-6H3,(H,31,37)(H,32,36). The molecule has 0 unspecified atom stereocenters. The largest absolute Gasteiger partial charge is 0.385 e. The first-order chi connectivity index (χ1) is 17.9. The molecule has 3 rings (SSSR count). The summed E-state index contributed by atoms with van der Waals surface area (Å²) < 4.78 is 20.4. The zero-order valence-electron chi connectivity index (χ0n) is 22.7. The fourth-order valence-corrected chi connectivity index (χ4v) is 4.03. The van der Waals surface area contributed by atoms with Crippen LogP contribution in [0.25, 0.3) is 5.69 Å². The first-order valence-electron chi connectivity index (χ1n) is 12.4. The molecule has 0 saturated heterocycles. The van der Waals surface area contributed by atoms with E-state index in [1.807, 2.05) is 32.0 Å². The quantitative estimate of drug-likeness (QED) is 0.320. The van der Waals surface area contributed by atoms with Crippen LogP contribution < -0.4 is 10.6 Å². The lowest BCUT2D eigenvalue weighted by molar-refractivity contribution is -0.116. The molecule has 0 bridgehead atoms. The Morgan fingerprint density at radius 2 is 1.84 bits per heavy atom. The second kappa shape index (κ2) is 12.4. The molecule has 0 spiro atoms. The Morgan fingerprint density at radius 1 is 1.11 bits per heavy atom. The van der Waals surface area contributed by atoms with E-state index in [9.17, 15) is 14.0 Å². The van der Waals surface area contributed by atoms with Crippen molar-refractivity contribution in [2.24, 2.45) is 0 Å². The number of hydrogen-bond donors (Lipinski definition) is 2. The summed E-state index contributed by atoms with van der Waals surface area (Å²) in [6.45, 7) is 10.6. The normalized spacial score (nSPS) is 11.4. The lowest BCUT2D eigenvalue weighted by Crippen LogP contribution is -2.41. The van der Waals surface area contributed by atoms with Gasteiger partial charge in [-0.05, 0) is 50.1 Å². The van der Waals surface area contributed by atoms with Crippen LogP contribution >= 0.6 is 11.6 Å². The molecule has 204 valence electrons. The average molecular weight is 544 g/mol. The number of carbonyl (C=O) groups is 2. The van der Waals surface area contributed by atoms with E-state index < -0.39 is 11.8 Å². The molecule has 0 aliphatic rings. The van der Waals surface area contributed by atoms with Crippen molar-refractivity contribution < 1.29 is 18.7 Å². The smallest absolute Gasteiger partial charge is 0.322 e. The summed E-state index contributed by atoms with van der Waals surface area (Å²) in [6, 6.07) is 11.3. The van der Waals surface area contributed by atoms with Gasteiger partial charge in [-0.1, -0.05) is 50.1 Å². The number of benzene rings is 2. The van der Waals surface area contributed by atoms with Gasteiger partial charge in [0.25, 0.3) is 0 Å². The SMILES string of the molecule is COCCCN(CC(=O)Nc1cc(C(C)(C)C)nn1-c1ccc(C)cc1C)C(=O)Nc1ccc(F)c(Cl)c1. The highest BCUT2D eigenvalue weighted by molar-refractivity contribution is 6.31. The Balaban J connectivity index is 1.84. The number of methoxy groups -OCH3 is 1. The number of nitrogens with one attached hydrogen (secondary N) is 2. The average Bonchev–Trinajstić information content (AvgIpc) is 3.24. The summed E-state index contributed by atoms with van der Waals surface area (Å²) in [4.78, 5) is 27.6. The van der Waals surface area contributed by atoms with Crippen molar-refractivity contribution in [1.82, 2.24) is 14.7 Å². The van der Waals surface area contributed by atoms with Crippen LogP contribution in [0, 0.1) is 19.7 Å². The minimum absolute atomic E-state index is 0.110. The Hall–Kier alpha value is -3.43. The fourth-order valence-electron chi connectivity index (χ4n) is 3.85. The van der Waals surface area contributed by atoms with Gasteiger partial charge in [0.15, 0.2) is 0 Å². The number of aromatic nitrogens is 2. The lowest BCUT2D eigenvalue weighted by Gasteiger charge is -2.23. The molecule has 0 aliphatic heterocycles. The molecular weight excluding hydrogens is 509 g/mol. The number of ether oxygens (including phenoxy) is 1. The molecule has 0 atom stereocenters. The predicted molar refractivity (Wildman–Crippen MR) is 149 cm³/mol. The molecule has 38 heavy (non-hydrogen) atoms. The molecule has 1 aromatic heterocycles. The number of anilines is 2. The van der Waals surface area contributed by atoms with E-state index in [1.165, 1.54) is 23.1 Å². The van der Waals surface area contributed by atoms with Gasteiger partial charge in [0.05, 0.1) is 16.4 Å². The van der Waals surface area contributed by atoms with Crippen LogP contribution in [-0.2, 0) is 14.9 Å². The summed E-state index contributed by atoms with van der Waals surface area (Å²) in [5, 5.41) is 10.3. The highest BCUT2D eigenvalue weighted by Crippen LogP contribution is 2.28. The van der Waals surface area contributed by atoms with Crippen molar-refractivity contribution in [1.29, 1.82) is 0 Å². The van der Waals surface area contributed by atoms with Gasteiger partial charge in [0, 0.05) is 37.4 Å². The number of rotatable bonds is 9. The molecule has 3 amide bonds. The highest BCUT2D eigenvalue weighted by atomic mass is 35.5. The van der Waals surface area contributed by atoms with Crippen molar-refractivity contribution in [2.75, 3.05) is 37.4 Å². The Labute approximate surface area is 228 Å². The van der Waals surface area contributed by atoms with Gasteiger partial charge in [-0.3, -0.25) is 4.79 Å². The van der Waals surface area contributed by atoms with Gasteiger partial charge in [0.2, 0.25) is 5.91 Å². The Kier molecular flexibility index (Phi) is 9.51. The number of nitrogens with zero attached hydrogens (tertiary/aromatic N) is 3. The molecule has 2 N–H and O–H groups in total. The van der Waals surface area contributed by atoms with Crippen molar-refractivity contribution in [2.45, 2.75) is 46.5 Å². The Bertz CT molecular complexity index is 1300. The van der Waals surface area contributed by atoms with Gasteiger partial charge < -0.3 is 20.3 Å². The minimum Gasteiger partial charge on any atom is -0.385 e. The number of amides is 3. The zero-order chi connectivity index (χ0) is 28.0. The Morgan fingerprint density at radius 3 is 2.47 bits per heavy atom. The molecule has 0 radical (unpaired) electrons. The summed E-state index contributed by atoms with van der Waals surface area (Å²) in [7, 11) is 1.57. The molecule has 3 aromatic rings. The molecular formula is C28H35ClFN5O3. The molecule has 0 aliphatic carbocycles. The van der Waals surface area contributed by atoms with Crippen molar-refractivity contribution in [3.05, 3.63) is 70.1 Å². The van der Waals surface area contributed by atoms with Crippen LogP contribution in [0.15, 0.2) is 42.5 Å². The number of halogens is 2. The summed E-state index contributed by atoms with van der Waals surface area (Å²) in [6.07, 6.45) is 0.524. The summed E-state index contributed by atoms with van der Waals surface area (Å²) in [5.74, 6) is -0.466.